The van der Waals surface area contributed by atoms with E-state index in [1.807, 2.05) is 13.0 Å². The van der Waals surface area contributed by atoms with Crippen LogP contribution in [0.3, 0.4) is 0 Å². The maximum absolute atomic E-state index is 12.9. The molecule has 5 rings (SSSR count). The maximum Gasteiger partial charge on any atom is 0.265 e. The van der Waals surface area contributed by atoms with Crippen molar-refractivity contribution in [2.24, 2.45) is 0 Å². The smallest absolute Gasteiger partial charge is 0.265 e. The summed E-state index contributed by atoms with van der Waals surface area (Å²) in [6, 6.07) is 16.2. The zero-order valence-corrected chi connectivity index (χ0v) is 24.4. The minimum absolute atomic E-state index is 0. The standard InChI is InChI=1S/C28H27ClN6O4S.ClH/c1-18-10-11-19(26(36)35-40(37,38)25-9-3-2-8-22(25)29)16-24(18)39-27-21(7-5-14-31-27)23-12-15-32-28(34-23)33-20-6-4-13-30-17-20;/h2-3,5,7-12,14-16,20,30H,4,6,13,17H2,1H3,(H,35,36)(H,32,33,34);1H/t20-;/m0./s1. The van der Waals surface area contributed by atoms with Crippen molar-refractivity contribution >= 4 is 45.9 Å². The van der Waals surface area contributed by atoms with Gasteiger partial charge in [-0.2, -0.15) is 0 Å². The average molecular weight is 616 g/mol. The Labute approximate surface area is 249 Å². The molecule has 0 bridgehead atoms. The molecule has 3 N–H and O–H groups in total. The number of aromatic nitrogens is 3. The Kier molecular flexibility index (Phi) is 9.77. The van der Waals surface area contributed by atoms with E-state index in [1.165, 1.54) is 30.3 Å². The first-order valence-corrected chi connectivity index (χ1v) is 14.5. The minimum Gasteiger partial charge on any atom is -0.438 e. The lowest BCUT2D eigenvalue weighted by Gasteiger charge is -2.23. The second-order valence-corrected chi connectivity index (χ2v) is 11.3. The quantitative estimate of drug-likeness (QED) is 0.250. The predicted molar refractivity (Wildman–Crippen MR) is 159 cm³/mol. The van der Waals surface area contributed by atoms with Crippen LogP contribution in [0, 0.1) is 6.92 Å². The molecule has 1 saturated heterocycles. The third-order valence-corrected chi connectivity index (χ3v) is 8.17. The van der Waals surface area contributed by atoms with Crippen LogP contribution in [0.5, 0.6) is 11.6 Å². The zero-order chi connectivity index (χ0) is 28.1. The van der Waals surface area contributed by atoms with Gasteiger partial charge in [-0.3, -0.25) is 4.79 Å². The highest BCUT2D eigenvalue weighted by molar-refractivity contribution is 7.90. The van der Waals surface area contributed by atoms with E-state index in [4.69, 9.17) is 16.3 Å². The van der Waals surface area contributed by atoms with Crippen LogP contribution in [-0.4, -0.2) is 48.4 Å². The molecule has 214 valence electrons. The van der Waals surface area contributed by atoms with Gasteiger partial charge in [0.2, 0.25) is 11.8 Å². The normalized spacial score (nSPS) is 14.9. The van der Waals surface area contributed by atoms with E-state index >= 15 is 0 Å². The summed E-state index contributed by atoms with van der Waals surface area (Å²) in [6.45, 7) is 3.66. The van der Waals surface area contributed by atoms with Gasteiger partial charge in [-0.05, 0) is 74.3 Å². The molecule has 1 aliphatic heterocycles. The van der Waals surface area contributed by atoms with E-state index in [0.29, 0.717) is 23.0 Å². The summed E-state index contributed by atoms with van der Waals surface area (Å²) < 4.78 is 33.7. The van der Waals surface area contributed by atoms with Crippen LogP contribution in [0.25, 0.3) is 11.3 Å². The SMILES string of the molecule is Cc1ccc(C(=O)NS(=O)(=O)c2ccccc2Cl)cc1Oc1ncccc1-c1ccnc(N[C@H]2CCCNC2)n1.Cl. The van der Waals surface area contributed by atoms with E-state index in [1.54, 1.807) is 36.7 Å². The highest BCUT2D eigenvalue weighted by atomic mass is 35.5. The Bertz CT molecular complexity index is 1650. The van der Waals surface area contributed by atoms with Crippen molar-refractivity contribution < 1.29 is 17.9 Å². The number of piperidine rings is 1. The molecule has 10 nitrogen and oxygen atoms in total. The van der Waals surface area contributed by atoms with Gasteiger partial charge in [0.1, 0.15) is 10.6 Å². The van der Waals surface area contributed by atoms with E-state index < -0.39 is 15.9 Å². The molecule has 41 heavy (non-hydrogen) atoms. The third kappa shape index (κ3) is 7.31. The number of nitrogens with zero attached hydrogens (tertiary/aromatic N) is 3. The van der Waals surface area contributed by atoms with Crippen LogP contribution in [0.1, 0.15) is 28.8 Å². The van der Waals surface area contributed by atoms with E-state index in [0.717, 1.165) is 31.5 Å². The van der Waals surface area contributed by atoms with Gasteiger partial charge in [0, 0.05) is 30.5 Å². The summed E-state index contributed by atoms with van der Waals surface area (Å²) in [7, 11) is -4.19. The zero-order valence-electron chi connectivity index (χ0n) is 22.0. The van der Waals surface area contributed by atoms with E-state index in [-0.39, 0.29) is 39.8 Å². The monoisotopic (exact) mass is 614 g/mol. The molecule has 0 aliphatic carbocycles. The number of amides is 1. The molecule has 0 radical (unpaired) electrons. The van der Waals surface area contributed by atoms with Crippen LogP contribution >= 0.6 is 24.0 Å². The lowest BCUT2D eigenvalue weighted by atomic mass is 10.1. The van der Waals surface area contributed by atoms with Crippen LogP contribution in [0.4, 0.5) is 5.95 Å². The minimum atomic E-state index is -4.19. The van der Waals surface area contributed by atoms with E-state index in [2.05, 4.69) is 30.3 Å². The number of nitrogens with one attached hydrogen (secondary N) is 3. The summed E-state index contributed by atoms with van der Waals surface area (Å²) in [6.07, 6.45) is 5.38. The van der Waals surface area contributed by atoms with Crippen LogP contribution in [-0.2, 0) is 10.0 Å². The molecule has 1 amide bonds. The molecule has 13 heteroatoms. The Morgan fingerprint density at radius 2 is 1.90 bits per heavy atom. The van der Waals surface area contributed by atoms with Crippen LogP contribution in [0.15, 0.2) is 78.0 Å². The summed E-state index contributed by atoms with van der Waals surface area (Å²) in [5, 5.41) is 6.75. The fourth-order valence-corrected chi connectivity index (χ4v) is 5.75. The van der Waals surface area contributed by atoms with Crippen molar-refractivity contribution in [2.75, 3.05) is 18.4 Å². The molecule has 1 atom stereocenters. The van der Waals surface area contributed by atoms with Gasteiger partial charge < -0.3 is 15.4 Å². The number of anilines is 1. The lowest BCUT2D eigenvalue weighted by molar-refractivity contribution is 0.0981. The van der Waals surface area contributed by atoms with Crippen molar-refractivity contribution in [3.05, 3.63) is 89.2 Å². The highest BCUT2D eigenvalue weighted by Crippen LogP contribution is 2.32. The maximum atomic E-state index is 12.9. The first-order valence-electron chi connectivity index (χ1n) is 12.7. The fourth-order valence-electron chi connectivity index (χ4n) is 4.26. The van der Waals surface area contributed by atoms with Crippen molar-refractivity contribution in [3.63, 3.8) is 0 Å². The van der Waals surface area contributed by atoms with Gasteiger partial charge in [-0.1, -0.05) is 29.8 Å². The van der Waals surface area contributed by atoms with Crippen molar-refractivity contribution in [2.45, 2.75) is 30.7 Å². The number of rotatable bonds is 8. The summed E-state index contributed by atoms with van der Waals surface area (Å²) in [5.41, 5.74) is 2.05. The summed E-state index contributed by atoms with van der Waals surface area (Å²) >= 11 is 6.03. The number of aryl methyl sites for hydroxylation is 1. The Balaban J connectivity index is 0.00000387. The molecule has 4 aromatic rings. The molecular weight excluding hydrogens is 587 g/mol. The lowest BCUT2D eigenvalue weighted by Crippen LogP contribution is -2.38. The van der Waals surface area contributed by atoms with Gasteiger partial charge in [0.25, 0.3) is 15.9 Å². The highest BCUT2D eigenvalue weighted by Gasteiger charge is 2.22. The van der Waals surface area contributed by atoms with Gasteiger partial charge in [-0.25, -0.2) is 28.1 Å². The number of sulfonamides is 1. The Hall–Kier alpha value is -3.77. The second-order valence-electron chi connectivity index (χ2n) is 9.26. The number of hydrogen-bond acceptors (Lipinski definition) is 9. The van der Waals surface area contributed by atoms with Crippen molar-refractivity contribution in [3.8, 4) is 22.9 Å². The van der Waals surface area contributed by atoms with Crippen molar-refractivity contribution in [1.82, 2.24) is 25.0 Å². The molecule has 0 saturated carbocycles. The molecule has 3 heterocycles. The molecular formula is C28H28Cl2N6O4S. The molecule has 0 spiro atoms. The Morgan fingerprint density at radius 1 is 1.07 bits per heavy atom. The number of ether oxygens (including phenoxy) is 1. The molecule has 1 fully saturated rings. The average Bonchev–Trinajstić information content (AvgIpc) is 2.95. The summed E-state index contributed by atoms with van der Waals surface area (Å²) in [4.78, 5) is 26.2. The topological polar surface area (TPSA) is 135 Å². The fraction of sp³-hybridized carbons (Fsp3) is 0.214. The van der Waals surface area contributed by atoms with Crippen LogP contribution in [0.2, 0.25) is 5.02 Å². The second kappa shape index (κ2) is 13.3. The number of benzene rings is 2. The van der Waals surface area contributed by atoms with Crippen molar-refractivity contribution in [1.29, 1.82) is 0 Å². The molecule has 2 aromatic carbocycles. The number of carbonyl (C=O) groups is 1. The number of halogens is 2. The number of hydrogen-bond donors (Lipinski definition) is 3. The van der Waals surface area contributed by atoms with Crippen LogP contribution < -0.4 is 20.1 Å². The first-order chi connectivity index (χ1) is 19.3. The number of carbonyl (C=O) groups excluding carboxylic acids is 1. The largest absolute Gasteiger partial charge is 0.438 e. The molecule has 1 aliphatic rings. The number of pyridine rings is 1. The molecule has 0 unspecified atom stereocenters. The van der Waals surface area contributed by atoms with Gasteiger partial charge in [-0.15, -0.1) is 12.4 Å². The van der Waals surface area contributed by atoms with Gasteiger partial charge in [0.15, 0.2) is 0 Å². The van der Waals surface area contributed by atoms with Gasteiger partial charge >= 0.3 is 0 Å². The summed E-state index contributed by atoms with van der Waals surface area (Å²) in [5.74, 6) is 0.296. The third-order valence-electron chi connectivity index (χ3n) is 6.34. The van der Waals surface area contributed by atoms with E-state index in [9.17, 15) is 13.2 Å². The predicted octanol–water partition coefficient (Wildman–Crippen LogP) is 5.00. The van der Waals surface area contributed by atoms with Gasteiger partial charge in [0.05, 0.1) is 16.3 Å². The first kappa shape index (κ1) is 30.2. The Morgan fingerprint density at radius 3 is 2.68 bits per heavy atom. The molecule has 2 aromatic heterocycles.